The minimum atomic E-state index is -3.60. The summed E-state index contributed by atoms with van der Waals surface area (Å²) in [6, 6.07) is 14.1. The Morgan fingerprint density at radius 3 is 2.41 bits per heavy atom. The molecule has 0 amide bonds. The third-order valence-corrected chi connectivity index (χ3v) is 6.48. The van der Waals surface area contributed by atoms with E-state index in [1.54, 1.807) is 6.92 Å². The van der Waals surface area contributed by atoms with Crippen LogP contribution < -0.4 is 9.62 Å². The number of piperazine rings is 1. The lowest BCUT2D eigenvalue weighted by Crippen LogP contribution is -2.47. The van der Waals surface area contributed by atoms with Crippen molar-refractivity contribution in [3.05, 3.63) is 59.9 Å². The first kappa shape index (κ1) is 19.8. The average molecular weight is 392 g/mol. The summed E-state index contributed by atoms with van der Waals surface area (Å²) < 4.78 is 40.5. The van der Waals surface area contributed by atoms with Gasteiger partial charge in [0, 0.05) is 38.4 Å². The van der Waals surface area contributed by atoms with E-state index in [1.807, 2.05) is 6.07 Å². The molecule has 0 atom stereocenters. The lowest BCUT2D eigenvalue weighted by molar-refractivity contribution is 0.255. The normalized spacial score (nSPS) is 15.9. The lowest BCUT2D eigenvalue weighted by atomic mass is 10.2. The highest BCUT2D eigenvalue weighted by Crippen LogP contribution is 2.17. The van der Waals surface area contributed by atoms with Gasteiger partial charge in [-0.1, -0.05) is 18.2 Å². The molecule has 0 unspecified atom stereocenters. The standard InChI is InChI=1S/C20H26FN3O2S/c1-17-16-18(21)8-9-20(17)27(25,26)22-10-5-11-23-12-14-24(15-13-23)19-6-3-2-4-7-19/h2-4,6-9,16,22H,5,10-15H2,1H3. The first-order valence-corrected chi connectivity index (χ1v) is 10.7. The van der Waals surface area contributed by atoms with Crippen molar-refractivity contribution < 1.29 is 12.8 Å². The lowest BCUT2D eigenvalue weighted by Gasteiger charge is -2.36. The molecule has 1 N–H and O–H groups in total. The van der Waals surface area contributed by atoms with Gasteiger partial charge < -0.3 is 4.90 Å². The van der Waals surface area contributed by atoms with E-state index in [0.29, 0.717) is 12.1 Å². The minimum absolute atomic E-state index is 0.139. The summed E-state index contributed by atoms with van der Waals surface area (Å²) in [7, 11) is -3.60. The number of anilines is 1. The Morgan fingerprint density at radius 1 is 1.04 bits per heavy atom. The quantitative estimate of drug-likeness (QED) is 0.738. The first-order chi connectivity index (χ1) is 13.0. The molecule has 3 rings (SSSR count). The predicted octanol–water partition coefficient (Wildman–Crippen LogP) is 2.62. The molecule has 2 aromatic carbocycles. The summed E-state index contributed by atoms with van der Waals surface area (Å²) in [6.45, 7) is 6.72. The van der Waals surface area contributed by atoms with Gasteiger partial charge in [-0.15, -0.1) is 0 Å². The zero-order chi connectivity index (χ0) is 19.3. The Morgan fingerprint density at radius 2 is 1.74 bits per heavy atom. The van der Waals surface area contributed by atoms with E-state index in [-0.39, 0.29) is 4.90 Å². The largest absolute Gasteiger partial charge is 0.369 e. The van der Waals surface area contributed by atoms with Gasteiger partial charge in [-0.05, 0) is 55.8 Å². The van der Waals surface area contributed by atoms with Crippen LogP contribution in [0, 0.1) is 12.7 Å². The van der Waals surface area contributed by atoms with Gasteiger partial charge in [0.2, 0.25) is 10.0 Å². The third-order valence-electron chi connectivity index (χ3n) is 4.86. The van der Waals surface area contributed by atoms with Gasteiger partial charge in [-0.2, -0.15) is 0 Å². The summed E-state index contributed by atoms with van der Waals surface area (Å²) in [5, 5.41) is 0. The fourth-order valence-corrected chi connectivity index (χ4v) is 4.67. The summed E-state index contributed by atoms with van der Waals surface area (Å²) in [5.41, 5.74) is 1.67. The molecule has 1 aliphatic rings. The number of hydrogen-bond acceptors (Lipinski definition) is 4. The van der Waals surface area contributed by atoms with Crippen molar-refractivity contribution in [3.63, 3.8) is 0 Å². The van der Waals surface area contributed by atoms with Crippen molar-refractivity contribution in [2.24, 2.45) is 0 Å². The van der Waals surface area contributed by atoms with Gasteiger partial charge in [0.25, 0.3) is 0 Å². The molecule has 146 valence electrons. The third kappa shape index (κ3) is 5.28. The van der Waals surface area contributed by atoms with E-state index in [4.69, 9.17) is 0 Å². The molecular formula is C20H26FN3O2S. The van der Waals surface area contributed by atoms with Crippen LogP contribution in [0.2, 0.25) is 0 Å². The Kier molecular flexibility index (Phi) is 6.46. The van der Waals surface area contributed by atoms with Gasteiger partial charge in [0.1, 0.15) is 5.82 Å². The predicted molar refractivity (Wildman–Crippen MR) is 106 cm³/mol. The van der Waals surface area contributed by atoms with E-state index >= 15 is 0 Å². The maximum Gasteiger partial charge on any atom is 0.240 e. The van der Waals surface area contributed by atoms with E-state index < -0.39 is 15.8 Å². The number of nitrogens with zero attached hydrogens (tertiary/aromatic N) is 2. The molecule has 1 saturated heterocycles. The number of hydrogen-bond donors (Lipinski definition) is 1. The molecule has 1 heterocycles. The summed E-state index contributed by atoms with van der Waals surface area (Å²) >= 11 is 0. The zero-order valence-electron chi connectivity index (χ0n) is 15.6. The fraction of sp³-hybridized carbons (Fsp3) is 0.400. The van der Waals surface area contributed by atoms with Crippen LogP contribution in [0.5, 0.6) is 0 Å². The number of halogens is 1. The number of nitrogens with one attached hydrogen (secondary N) is 1. The maximum atomic E-state index is 13.2. The molecule has 1 aliphatic heterocycles. The van der Waals surface area contributed by atoms with Crippen molar-refractivity contribution in [1.82, 2.24) is 9.62 Å². The van der Waals surface area contributed by atoms with E-state index in [2.05, 4.69) is 38.8 Å². The van der Waals surface area contributed by atoms with Gasteiger partial charge >= 0.3 is 0 Å². The Bertz CT molecular complexity index is 851. The molecule has 2 aromatic rings. The Hall–Kier alpha value is -1.96. The van der Waals surface area contributed by atoms with Crippen LogP contribution in [0.15, 0.2) is 53.4 Å². The number of rotatable bonds is 7. The first-order valence-electron chi connectivity index (χ1n) is 9.24. The maximum absolute atomic E-state index is 13.2. The number of aryl methyl sites for hydroxylation is 1. The Labute approximate surface area is 160 Å². The van der Waals surface area contributed by atoms with Crippen molar-refractivity contribution in [2.45, 2.75) is 18.2 Å². The second-order valence-corrected chi connectivity index (χ2v) is 8.56. The van der Waals surface area contributed by atoms with Crippen LogP contribution in [0.25, 0.3) is 0 Å². The molecule has 0 radical (unpaired) electrons. The molecule has 0 bridgehead atoms. The van der Waals surface area contributed by atoms with Gasteiger partial charge in [-0.25, -0.2) is 17.5 Å². The SMILES string of the molecule is Cc1cc(F)ccc1S(=O)(=O)NCCCN1CCN(c2ccccc2)CC1. The van der Waals surface area contributed by atoms with Crippen LogP contribution in [0.3, 0.4) is 0 Å². The van der Waals surface area contributed by atoms with Gasteiger partial charge in [0.15, 0.2) is 0 Å². The zero-order valence-corrected chi connectivity index (χ0v) is 16.4. The van der Waals surface area contributed by atoms with Crippen molar-refractivity contribution in [1.29, 1.82) is 0 Å². The molecule has 0 aromatic heterocycles. The van der Waals surface area contributed by atoms with E-state index in [9.17, 15) is 12.8 Å². The topological polar surface area (TPSA) is 52.7 Å². The highest BCUT2D eigenvalue weighted by atomic mass is 32.2. The minimum Gasteiger partial charge on any atom is -0.369 e. The van der Waals surface area contributed by atoms with Gasteiger partial charge in [0.05, 0.1) is 4.90 Å². The summed E-state index contributed by atoms with van der Waals surface area (Å²) in [6.07, 6.45) is 0.741. The second-order valence-electron chi connectivity index (χ2n) is 6.83. The molecule has 0 aliphatic carbocycles. The molecule has 27 heavy (non-hydrogen) atoms. The van der Waals surface area contributed by atoms with Gasteiger partial charge in [-0.3, -0.25) is 4.90 Å². The number of para-hydroxylation sites is 1. The molecule has 1 fully saturated rings. The van der Waals surface area contributed by atoms with Crippen LogP contribution in [-0.2, 0) is 10.0 Å². The molecular weight excluding hydrogens is 365 g/mol. The molecule has 0 saturated carbocycles. The van der Waals surface area contributed by atoms with Crippen LogP contribution in [0.4, 0.5) is 10.1 Å². The second kappa shape index (κ2) is 8.82. The van der Waals surface area contributed by atoms with E-state index in [0.717, 1.165) is 39.1 Å². The van der Waals surface area contributed by atoms with Crippen molar-refractivity contribution in [3.8, 4) is 0 Å². The molecule has 7 heteroatoms. The highest BCUT2D eigenvalue weighted by Gasteiger charge is 2.18. The number of sulfonamides is 1. The molecule has 0 spiro atoms. The monoisotopic (exact) mass is 391 g/mol. The smallest absolute Gasteiger partial charge is 0.240 e. The fourth-order valence-electron chi connectivity index (χ4n) is 3.37. The summed E-state index contributed by atoms with van der Waals surface area (Å²) in [5.74, 6) is -0.430. The van der Waals surface area contributed by atoms with Crippen LogP contribution in [-0.4, -0.2) is 52.6 Å². The highest BCUT2D eigenvalue weighted by molar-refractivity contribution is 7.89. The van der Waals surface area contributed by atoms with Crippen LogP contribution >= 0.6 is 0 Å². The Balaban J connectivity index is 1.42. The van der Waals surface area contributed by atoms with Crippen LogP contribution in [0.1, 0.15) is 12.0 Å². The number of benzene rings is 2. The molecule has 5 nitrogen and oxygen atoms in total. The van der Waals surface area contributed by atoms with Crippen molar-refractivity contribution >= 4 is 15.7 Å². The van der Waals surface area contributed by atoms with E-state index in [1.165, 1.54) is 23.9 Å². The summed E-state index contributed by atoms with van der Waals surface area (Å²) in [4.78, 5) is 4.87. The average Bonchev–Trinajstić information content (AvgIpc) is 2.66. The van der Waals surface area contributed by atoms with Crippen molar-refractivity contribution in [2.75, 3.05) is 44.2 Å².